The zero-order valence-corrected chi connectivity index (χ0v) is 25.8. The number of fused-ring (bicyclic) bond motifs is 6. The zero-order chi connectivity index (χ0) is 30.7. The lowest BCUT2D eigenvalue weighted by Crippen LogP contribution is -2.57. The molecule has 2 unspecified atom stereocenters. The van der Waals surface area contributed by atoms with Crippen LogP contribution in [0.15, 0.2) is 170 Å². The summed E-state index contributed by atoms with van der Waals surface area (Å²) in [5.41, 5.74) is 13.8. The maximum Gasteiger partial charge on any atom is 0.381 e. The number of pyridine rings is 3. The van der Waals surface area contributed by atoms with Crippen LogP contribution < -0.4 is 13.7 Å². The summed E-state index contributed by atoms with van der Waals surface area (Å²) in [4.78, 5) is 0. The Labute approximate surface area is 270 Å². The molecule has 0 spiro atoms. The highest BCUT2D eigenvalue weighted by atomic mass is 15.2. The van der Waals surface area contributed by atoms with Gasteiger partial charge in [-0.1, -0.05) is 78.9 Å². The van der Waals surface area contributed by atoms with E-state index in [4.69, 9.17) is 0 Å². The van der Waals surface area contributed by atoms with Gasteiger partial charge in [0.15, 0.2) is 24.1 Å². The third-order valence-corrected chi connectivity index (χ3v) is 10.0. The predicted molar refractivity (Wildman–Crippen MR) is 182 cm³/mol. The van der Waals surface area contributed by atoms with Crippen LogP contribution in [0.3, 0.4) is 0 Å². The summed E-state index contributed by atoms with van der Waals surface area (Å²) in [6.07, 6.45) is 7.65. The van der Waals surface area contributed by atoms with Gasteiger partial charge >= 0.3 is 6.17 Å². The van der Waals surface area contributed by atoms with Gasteiger partial charge in [0, 0.05) is 60.9 Å². The van der Waals surface area contributed by atoms with Gasteiger partial charge in [-0.25, -0.2) is 0 Å². The van der Waals surface area contributed by atoms with Crippen LogP contribution in [0.1, 0.15) is 29.8 Å². The quantitative estimate of drug-likeness (QED) is 0.180. The van der Waals surface area contributed by atoms with Gasteiger partial charge in [-0.3, -0.25) is 0 Å². The Bertz CT molecular complexity index is 2230. The van der Waals surface area contributed by atoms with Gasteiger partial charge in [0.25, 0.3) is 0 Å². The van der Waals surface area contributed by atoms with E-state index in [-0.39, 0.29) is 11.7 Å². The van der Waals surface area contributed by atoms with Gasteiger partial charge in [-0.05, 0) is 53.1 Å². The summed E-state index contributed by atoms with van der Waals surface area (Å²) >= 11 is 0. The van der Waals surface area contributed by atoms with Crippen LogP contribution in [0.4, 0.5) is 0 Å². The Morgan fingerprint density at radius 1 is 0.500 bits per heavy atom. The molecule has 3 nitrogen and oxygen atoms in total. The van der Waals surface area contributed by atoms with Crippen LogP contribution in [0, 0.1) is 0 Å². The van der Waals surface area contributed by atoms with Gasteiger partial charge in [0.1, 0.15) is 5.56 Å². The Hall–Kier alpha value is -5.67. The minimum Gasteiger partial charge on any atom is -0.188 e. The molecule has 0 radical (unpaired) electrons. The van der Waals surface area contributed by atoms with Crippen LogP contribution in [0.2, 0.25) is 0 Å². The van der Waals surface area contributed by atoms with E-state index in [1.165, 1.54) is 61.6 Å². The number of nitrogens with zero attached hydrogens (tertiary/aromatic N) is 3. The third-order valence-electron chi connectivity index (χ3n) is 10.0. The molecule has 0 amide bonds. The highest BCUT2D eigenvalue weighted by Gasteiger charge is 2.48. The van der Waals surface area contributed by atoms with Crippen molar-refractivity contribution in [1.29, 1.82) is 0 Å². The molecule has 5 heterocycles. The number of hydrogen-bond donors (Lipinski definition) is 0. The van der Waals surface area contributed by atoms with E-state index in [1.54, 1.807) is 0 Å². The number of aromatic nitrogens is 3. The monoisotopic (exact) mass is 592 g/mol. The van der Waals surface area contributed by atoms with Crippen molar-refractivity contribution >= 4 is 0 Å². The molecule has 0 bridgehead atoms. The van der Waals surface area contributed by atoms with Gasteiger partial charge < -0.3 is 0 Å². The summed E-state index contributed by atoms with van der Waals surface area (Å²) in [5, 5.41) is 0. The molecule has 2 atom stereocenters. The Kier molecular flexibility index (Phi) is 6.07. The van der Waals surface area contributed by atoms with E-state index in [2.05, 4.69) is 191 Å². The molecule has 218 valence electrons. The van der Waals surface area contributed by atoms with Gasteiger partial charge in [0.05, 0.1) is 11.1 Å². The number of hydrogen-bond acceptors (Lipinski definition) is 0. The van der Waals surface area contributed by atoms with Crippen molar-refractivity contribution < 1.29 is 13.7 Å². The van der Waals surface area contributed by atoms with Gasteiger partial charge in [0.2, 0.25) is 17.1 Å². The van der Waals surface area contributed by atoms with E-state index in [1.807, 2.05) is 0 Å². The van der Waals surface area contributed by atoms with E-state index in [0.717, 1.165) is 6.42 Å². The summed E-state index contributed by atoms with van der Waals surface area (Å²) in [6.45, 7) is 2.40. The summed E-state index contributed by atoms with van der Waals surface area (Å²) in [5.74, 6) is 0. The molecule has 46 heavy (non-hydrogen) atoms. The fourth-order valence-electron chi connectivity index (χ4n) is 7.91. The topological polar surface area (TPSA) is 11.6 Å². The molecular formula is C43H34N3+3. The predicted octanol–water partition coefficient (Wildman–Crippen LogP) is 7.95. The van der Waals surface area contributed by atoms with Crippen LogP contribution in [0.5, 0.6) is 0 Å². The van der Waals surface area contributed by atoms with Gasteiger partial charge in [-0.2, -0.15) is 4.57 Å². The lowest BCUT2D eigenvalue weighted by molar-refractivity contribution is -0.920. The van der Waals surface area contributed by atoms with Gasteiger partial charge in [-0.15, -0.1) is 9.13 Å². The van der Waals surface area contributed by atoms with Crippen molar-refractivity contribution in [1.82, 2.24) is 0 Å². The zero-order valence-electron chi connectivity index (χ0n) is 25.8. The molecule has 0 fully saturated rings. The minimum absolute atomic E-state index is 0.0333. The summed E-state index contributed by atoms with van der Waals surface area (Å²) < 4.78 is 7.35. The van der Waals surface area contributed by atoms with E-state index in [9.17, 15) is 0 Å². The van der Waals surface area contributed by atoms with Crippen LogP contribution in [-0.2, 0) is 12.0 Å². The first-order chi connectivity index (χ1) is 22.7. The fraction of sp³-hybridized carbons (Fsp3) is 0.0930. The molecule has 7 aromatic rings. The molecule has 2 aliphatic heterocycles. The summed E-state index contributed by atoms with van der Waals surface area (Å²) in [7, 11) is 0. The smallest absolute Gasteiger partial charge is 0.188 e. The first-order valence-corrected chi connectivity index (χ1v) is 16.1. The number of benzene rings is 4. The summed E-state index contributed by atoms with van der Waals surface area (Å²) in [6, 6.07) is 55.2. The molecule has 0 saturated heterocycles. The molecule has 3 heteroatoms. The first kappa shape index (κ1) is 26.7. The van der Waals surface area contributed by atoms with E-state index in [0.29, 0.717) is 0 Å². The van der Waals surface area contributed by atoms with Crippen molar-refractivity contribution in [2.75, 3.05) is 0 Å². The van der Waals surface area contributed by atoms with Crippen molar-refractivity contribution in [2.45, 2.75) is 25.0 Å². The molecule has 0 N–H and O–H groups in total. The maximum absolute atomic E-state index is 2.50. The average molecular weight is 593 g/mol. The molecule has 3 aromatic heterocycles. The lowest BCUT2D eigenvalue weighted by Gasteiger charge is -2.23. The molecule has 2 aliphatic rings. The Balaban J connectivity index is 1.18. The minimum atomic E-state index is -0.252. The Morgan fingerprint density at radius 3 is 1.89 bits per heavy atom. The number of rotatable bonds is 5. The second kappa shape index (κ2) is 10.5. The standard InChI is InChI=1S/C43H34N3/c1-43(38-22-10-9-21-37(38)41-29-32(25-28-46(41)43)31-15-3-2-4-16-31)30-33-17-5-6-18-34(33)39-23-11-13-26-44(39)42-36-20-8-7-19-35(36)40-24-12-14-27-45(40)42/h2-29,42H,30H2,1H3/q+3. The second-order valence-electron chi connectivity index (χ2n) is 12.6. The first-order valence-electron chi connectivity index (χ1n) is 16.1. The fourth-order valence-corrected chi connectivity index (χ4v) is 7.91. The van der Waals surface area contributed by atoms with Crippen molar-refractivity contribution in [3.05, 3.63) is 187 Å². The Morgan fingerprint density at radius 2 is 1.11 bits per heavy atom. The van der Waals surface area contributed by atoms with E-state index >= 15 is 0 Å². The second-order valence-corrected chi connectivity index (χ2v) is 12.6. The third kappa shape index (κ3) is 4.02. The highest BCUT2D eigenvalue weighted by Crippen LogP contribution is 2.42. The molecule has 4 aromatic carbocycles. The van der Waals surface area contributed by atoms with Crippen LogP contribution in [0.25, 0.3) is 44.9 Å². The SMILES string of the molecule is CC1(Cc2ccccc2-c2cccc[n+]2C2c3ccccc3-c3cccc[n+]32)c2ccccc2-c2cc(-c3ccccc3)cc[n+]21. The molecule has 0 saturated carbocycles. The van der Waals surface area contributed by atoms with Crippen LogP contribution in [-0.4, -0.2) is 0 Å². The highest BCUT2D eigenvalue weighted by molar-refractivity contribution is 5.73. The van der Waals surface area contributed by atoms with Crippen molar-refractivity contribution in [3.63, 3.8) is 0 Å². The molecule has 9 rings (SSSR count). The largest absolute Gasteiger partial charge is 0.381 e. The normalized spacial score (nSPS) is 17.2. The van der Waals surface area contributed by atoms with Crippen molar-refractivity contribution in [3.8, 4) is 44.9 Å². The average Bonchev–Trinajstić information content (AvgIpc) is 3.58. The maximum atomic E-state index is 2.50. The molecule has 0 aliphatic carbocycles. The lowest BCUT2D eigenvalue weighted by atomic mass is 9.83. The van der Waals surface area contributed by atoms with Crippen molar-refractivity contribution in [2.24, 2.45) is 0 Å². The van der Waals surface area contributed by atoms with E-state index < -0.39 is 0 Å². The molecular weight excluding hydrogens is 558 g/mol. The van der Waals surface area contributed by atoms with Crippen LogP contribution >= 0.6 is 0 Å².